The summed E-state index contributed by atoms with van der Waals surface area (Å²) in [5, 5.41) is 6.57. The second kappa shape index (κ2) is 10.9. The lowest BCUT2D eigenvalue weighted by molar-refractivity contribution is -0.153. The van der Waals surface area contributed by atoms with Gasteiger partial charge in [0.15, 0.2) is 12.6 Å². The third kappa shape index (κ3) is 7.98. The maximum Gasteiger partial charge on any atom is 0.422 e. The summed E-state index contributed by atoms with van der Waals surface area (Å²) in [6.07, 6.45) is 0.265. The number of ether oxygens (including phenoxy) is 2. The molecule has 0 saturated carbocycles. The van der Waals surface area contributed by atoms with Gasteiger partial charge in [-0.05, 0) is 42.7 Å². The molecule has 2 heterocycles. The largest absolute Gasteiger partial charge is 0.484 e. The Bertz CT molecular complexity index is 771. The van der Waals surface area contributed by atoms with E-state index in [1.807, 2.05) is 12.1 Å². The van der Waals surface area contributed by atoms with E-state index in [1.165, 1.54) is 12.1 Å². The van der Waals surface area contributed by atoms with Crippen LogP contribution in [-0.4, -0.2) is 44.5 Å². The molecule has 1 aromatic heterocycles. The molecule has 0 bridgehead atoms. The molecule has 30 heavy (non-hydrogen) atoms. The number of hydrogen-bond acceptors (Lipinski definition) is 4. The number of nitrogens with zero attached hydrogens (tertiary/aromatic N) is 1. The van der Waals surface area contributed by atoms with E-state index >= 15 is 0 Å². The fourth-order valence-electron chi connectivity index (χ4n) is 2.98. The van der Waals surface area contributed by atoms with E-state index in [1.54, 1.807) is 18.4 Å². The molecular weight excluding hydrogens is 399 g/mol. The predicted molar refractivity (Wildman–Crippen MR) is 107 cm³/mol. The van der Waals surface area contributed by atoms with Gasteiger partial charge in [-0.15, -0.1) is 0 Å². The lowest BCUT2D eigenvalue weighted by atomic mass is 10.2. The highest BCUT2D eigenvalue weighted by Gasteiger charge is 2.28. The number of halogens is 3. The van der Waals surface area contributed by atoms with E-state index in [4.69, 9.17) is 13.9 Å². The zero-order chi connectivity index (χ0) is 21.2. The van der Waals surface area contributed by atoms with Gasteiger partial charge in [0.25, 0.3) is 0 Å². The van der Waals surface area contributed by atoms with E-state index < -0.39 is 12.8 Å². The monoisotopic (exact) mass is 425 g/mol. The number of benzene rings is 1. The summed E-state index contributed by atoms with van der Waals surface area (Å²) in [4.78, 5) is 4.58. The van der Waals surface area contributed by atoms with Gasteiger partial charge in [0.2, 0.25) is 0 Å². The van der Waals surface area contributed by atoms with E-state index in [2.05, 4.69) is 15.6 Å². The Morgan fingerprint density at radius 3 is 2.67 bits per heavy atom. The van der Waals surface area contributed by atoms with Gasteiger partial charge >= 0.3 is 6.18 Å². The smallest absolute Gasteiger partial charge is 0.422 e. The topological polar surface area (TPSA) is 68.0 Å². The summed E-state index contributed by atoms with van der Waals surface area (Å²) in [5.74, 6) is 1.71. The van der Waals surface area contributed by atoms with Crippen LogP contribution in [-0.2, 0) is 17.7 Å². The van der Waals surface area contributed by atoms with Crippen LogP contribution in [0.15, 0.2) is 52.1 Å². The number of furan rings is 1. The van der Waals surface area contributed by atoms with Gasteiger partial charge in [0, 0.05) is 26.1 Å². The van der Waals surface area contributed by atoms with E-state index in [0.29, 0.717) is 25.6 Å². The van der Waals surface area contributed by atoms with Crippen LogP contribution in [0.25, 0.3) is 0 Å². The summed E-state index contributed by atoms with van der Waals surface area (Å²) in [5.41, 5.74) is 0.860. The molecule has 0 radical (unpaired) electrons. The molecular formula is C21H26F3N3O3. The van der Waals surface area contributed by atoms with Crippen molar-refractivity contribution in [3.8, 4) is 5.75 Å². The molecule has 164 valence electrons. The van der Waals surface area contributed by atoms with Gasteiger partial charge in [-0.25, -0.2) is 4.99 Å². The SMILES string of the molecule is FC(F)(F)COc1ccc(CN=C(NCCc2ccco2)NCC2CCCO2)cc1. The first-order valence-electron chi connectivity index (χ1n) is 9.92. The number of nitrogens with one attached hydrogen (secondary N) is 2. The third-order valence-electron chi connectivity index (χ3n) is 4.51. The lowest BCUT2D eigenvalue weighted by Gasteiger charge is -2.15. The zero-order valence-electron chi connectivity index (χ0n) is 16.6. The molecule has 1 atom stereocenters. The van der Waals surface area contributed by atoms with Crippen LogP contribution in [0, 0.1) is 0 Å². The quantitative estimate of drug-likeness (QED) is 0.474. The predicted octanol–water partition coefficient (Wildman–Crippen LogP) is 3.68. The van der Waals surface area contributed by atoms with Crippen LogP contribution < -0.4 is 15.4 Å². The van der Waals surface area contributed by atoms with Crippen LogP contribution in [0.2, 0.25) is 0 Å². The van der Waals surface area contributed by atoms with Crippen molar-refractivity contribution in [2.75, 3.05) is 26.3 Å². The third-order valence-corrected chi connectivity index (χ3v) is 4.51. The Balaban J connectivity index is 1.52. The van der Waals surface area contributed by atoms with Crippen molar-refractivity contribution < 1.29 is 27.1 Å². The molecule has 9 heteroatoms. The highest BCUT2D eigenvalue weighted by atomic mass is 19.4. The summed E-state index contributed by atoms with van der Waals surface area (Å²) in [7, 11) is 0. The minimum absolute atomic E-state index is 0.173. The number of hydrogen-bond donors (Lipinski definition) is 2. The molecule has 2 aromatic rings. The second-order valence-electron chi connectivity index (χ2n) is 6.98. The molecule has 1 aromatic carbocycles. The van der Waals surface area contributed by atoms with Crippen LogP contribution in [0.3, 0.4) is 0 Å². The van der Waals surface area contributed by atoms with Gasteiger partial charge < -0.3 is 24.5 Å². The van der Waals surface area contributed by atoms with Gasteiger partial charge in [0.1, 0.15) is 11.5 Å². The number of alkyl halides is 3. The van der Waals surface area contributed by atoms with Crippen LogP contribution >= 0.6 is 0 Å². The molecule has 0 amide bonds. The summed E-state index contributed by atoms with van der Waals surface area (Å²) >= 11 is 0. The fourth-order valence-corrected chi connectivity index (χ4v) is 2.98. The van der Waals surface area contributed by atoms with Crippen LogP contribution in [0.1, 0.15) is 24.2 Å². The molecule has 1 saturated heterocycles. The molecule has 2 N–H and O–H groups in total. The van der Waals surface area contributed by atoms with Crippen molar-refractivity contribution in [2.24, 2.45) is 4.99 Å². The Labute approximate surface area is 173 Å². The van der Waals surface area contributed by atoms with Gasteiger partial charge in [-0.2, -0.15) is 13.2 Å². The molecule has 1 unspecified atom stereocenters. The molecule has 0 aliphatic carbocycles. The van der Waals surface area contributed by atoms with Crippen LogP contribution in [0.4, 0.5) is 13.2 Å². The van der Waals surface area contributed by atoms with E-state index in [9.17, 15) is 13.2 Å². The zero-order valence-corrected chi connectivity index (χ0v) is 16.6. The molecule has 3 rings (SSSR count). The first-order chi connectivity index (χ1) is 14.5. The Hall–Kier alpha value is -2.68. The minimum atomic E-state index is -4.35. The standard InChI is InChI=1S/C21H26F3N3O3/c22-21(23,24)15-30-18-7-5-16(6-8-18)13-26-20(27-14-19-4-2-12-29-19)25-10-9-17-3-1-11-28-17/h1,3,5-8,11,19H,2,4,9-10,12-15H2,(H2,25,26,27). The highest BCUT2D eigenvalue weighted by Crippen LogP contribution is 2.19. The molecule has 1 aliphatic rings. The minimum Gasteiger partial charge on any atom is -0.484 e. The van der Waals surface area contributed by atoms with Crippen molar-refractivity contribution in [2.45, 2.75) is 38.1 Å². The van der Waals surface area contributed by atoms with Crippen molar-refractivity contribution in [3.05, 3.63) is 54.0 Å². The van der Waals surface area contributed by atoms with Gasteiger partial charge in [0.05, 0.1) is 18.9 Å². The van der Waals surface area contributed by atoms with Crippen molar-refractivity contribution in [3.63, 3.8) is 0 Å². The average molecular weight is 425 g/mol. The van der Waals surface area contributed by atoms with Crippen molar-refractivity contribution in [1.82, 2.24) is 10.6 Å². The summed E-state index contributed by atoms with van der Waals surface area (Å²) < 4.78 is 52.4. The first-order valence-corrected chi connectivity index (χ1v) is 9.92. The van der Waals surface area contributed by atoms with Crippen molar-refractivity contribution >= 4 is 5.96 Å². The summed E-state index contributed by atoms with van der Waals surface area (Å²) in [6.45, 7) is 1.17. The van der Waals surface area contributed by atoms with Crippen LogP contribution in [0.5, 0.6) is 5.75 Å². The highest BCUT2D eigenvalue weighted by molar-refractivity contribution is 5.79. The Morgan fingerprint density at radius 1 is 1.17 bits per heavy atom. The van der Waals surface area contributed by atoms with Gasteiger partial charge in [-0.1, -0.05) is 12.1 Å². The molecule has 6 nitrogen and oxygen atoms in total. The van der Waals surface area contributed by atoms with E-state index in [0.717, 1.165) is 37.2 Å². The Morgan fingerprint density at radius 2 is 2.00 bits per heavy atom. The first kappa shape index (κ1) is 22.0. The number of rotatable bonds is 9. The average Bonchev–Trinajstić information content (AvgIpc) is 3.42. The molecule has 1 aliphatic heterocycles. The fraction of sp³-hybridized carbons (Fsp3) is 0.476. The normalized spacial score (nSPS) is 17.2. The maximum atomic E-state index is 12.2. The number of aliphatic imine (C=N–C) groups is 1. The van der Waals surface area contributed by atoms with Crippen molar-refractivity contribution in [1.29, 1.82) is 0 Å². The van der Waals surface area contributed by atoms with Gasteiger partial charge in [-0.3, -0.25) is 0 Å². The lowest BCUT2D eigenvalue weighted by Crippen LogP contribution is -2.41. The number of guanidine groups is 1. The maximum absolute atomic E-state index is 12.2. The second-order valence-corrected chi connectivity index (χ2v) is 6.98. The summed E-state index contributed by atoms with van der Waals surface area (Å²) in [6, 6.07) is 10.2. The van der Waals surface area contributed by atoms with E-state index in [-0.39, 0.29) is 11.9 Å². The molecule has 0 spiro atoms. The molecule has 1 fully saturated rings. The Kier molecular flexibility index (Phi) is 8.01.